The third-order valence-electron chi connectivity index (χ3n) is 3.44. The Morgan fingerprint density at radius 3 is 2.68 bits per heavy atom. The second-order valence-corrected chi connectivity index (χ2v) is 5.26. The Labute approximate surface area is 112 Å². The highest BCUT2D eigenvalue weighted by Crippen LogP contribution is 2.39. The maximum atomic E-state index is 11.3. The standard InChI is InChI=1S/C13H20N4O2/c1-9(2)16(8-10-6-7-10)12-5-3-4-11(15-14)13(12)17(18)19/h3-5,9-10,15H,6-8,14H2,1-2H3. The van der Waals surface area contributed by atoms with Crippen LogP contribution < -0.4 is 16.2 Å². The number of anilines is 2. The topological polar surface area (TPSA) is 84.4 Å². The van der Waals surface area contributed by atoms with Gasteiger partial charge in [0, 0.05) is 12.6 Å². The van der Waals surface area contributed by atoms with E-state index in [2.05, 4.69) is 24.2 Å². The molecule has 0 heterocycles. The molecule has 6 heteroatoms. The molecule has 0 spiro atoms. The fourth-order valence-corrected chi connectivity index (χ4v) is 2.24. The van der Waals surface area contributed by atoms with Gasteiger partial charge in [-0.25, -0.2) is 0 Å². The quantitative estimate of drug-likeness (QED) is 0.468. The lowest BCUT2D eigenvalue weighted by Crippen LogP contribution is -2.33. The van der Waals surface area contributed by atoms with Crippen molar-refractivity contribution in [3.8, 4) is 0 Å². The Balaban J connectivity index is 2.42. The van der Waals surface area contributed by atoms with Gasteiger partial charge in [-0.15, -0.1) is 0 Å². The Bertz CT molecular complexity index is 472. The molecule has 19 heavy (non-hydrogen) atoms. The minimum absolute atomic E-state index is 0.0550. The zero-order valence-corrected chi connectivity index (χ0v) is 11.3. The number of nitrogens with one attached hydrogen (secondary N) is 1. The van der Waals surface area contributed by atoms with Crippen molar-refractivity contribution in [3.05, 3.63) is 28.3 Å². The van der Waals surface area contributed by atoms with Gasteiger partial charge in [0.15, 0.2) is 0 Å². The van der Waals surface area contributed by atoms with Crippen molar-refractivity contribution in [2.75, 3.05) is 16.9 Å². The molecule has 0 radical (unpaired) electrons. The molecule has 1 aromatic carbocycles. The molecule has 2 rings (SSSR count). The minimum Gasteiger partial charge on any atom is -0.363 e. The maximum absolute atomic E-state index is 11.3. The zero-order chi connectivity index (χ0) is 14.0. The first-order valence-electron chi connectivity index (χ1n) is 6.55. The van der Waals surface area contributed by atoms with E-state index in [-0.39, 0.29) is 16.7 Å². The first-order valence-corrected chi connectivity index (χ1v) is 6.55. The summed E-state index contributed by atoms with van der Waals surface area (Å²) in [5.41, 5.74) is 3.46. The molecule has 3 N–H and O–H groups in total. The van der Waals surface area contributed by atoms with E-state index in [1.54, 1.807) is 18.2 Å². The smallest absolute Gasteiger partial charge is 0.316 e. The van der Waals surface area contributed by atoms with E-state index in [9.17, 15) is 10.1 Å². The van der Waals surface area contributed by atoms with Crippen LogP contribution in [0.4, 0.5) is 17.1 Å². The van der Waals surface area contributed by atoms with E-state index in [1.165, 1.54) is 12.8 Å². The van der Waals surface area contributed by atoms with Crippen molar-refractivity contribution in [2.24, 2.45) is 11.8 Å². The summed E-state index contributed by atoms with van der Waals surface area (Å²) in [5, 5.41) is 11.3. The van der Waals surface area contributed by atoms with Crippen molar-refractivity contribution in [2.45, 2.75) is 32.7 Å². The normalized spacial score (nSPS) is 14.5. The molecule has 104 valence electrons. The van der Waals surface area contributed by atoms with Gasteiger partial charge < -0.3 is 10.3 Å². The van der Waals surface area contributed by atoms with Gasteiger partial charge in [-0.05, 0) is 44.7 Å². The lowest BCUT2D eigenvalue weighted by atomic mass is 10.1. The first-order chi connectivity index (χ1) is 9.04. The highest BCUT2D eigenvalue weighted by Gasteiger charge is 2.30. The number of nitrogens with zero attached hydrogens (tertiary/aromatic N) is 2. The summed E-state index contributed by atoms with van der Waals surface area (Å²) in [7, 11) is 0. The van der Waals surface area contributed by atoms with Gasteiger partial charge >= 0.3 is 5.69 Å². The van der Waals surface area contributed by atoms with Crippen LogP contribution in [0.25, 0.3) is 0 Å². The molecule has 0 amide bonds. The van der Waals surface area contributed by atoms with Crippen molar-refractivity contribution < 1.29 is 4.92 Å². The van der Waals surface area contributed by atoms with Gasteiger partial charge in [0.2, 0.25) is 0 Å². The Morgan fingerprint density at radius 2 is 2.21 bits per heavy atom. The molecular weight excluding hydrogens is 244 g/mol. The van der Waals surface area contributed by atoms with Crippen LogP contribution in [0.3, 0.4) is 0 Å². The van der Waals surface area contributed by atoms with Crippen LogP contribution in [0.15, 0.2) is 18.2 Å². The maximum Gasteiger partial charge on any atom is 0.316 e. The molecule has 6 nitrogen and oxygen atoms in total. The van der Waals surface area contributed by atoms with E-state index in [0.29, 0.717) is 17.3 Å². The summed E-state index contributed by atoms with van der Waals surface area (Å²) in [4.78, 5) is 13.0. The van der Waals surface area contributed by atoms with Crippen LogP contribution in [0, 0.1) is 16.0 Å². The fraction of sp³-hybridized carbons (Fsp3) is 0.538. The molecule has 0 atom stereocenters. The molecule has 1 aromatic rings. The number of hydrazine groups is 1. The van der Waals surface area contributed by atoms with Crippen molar-refractivity contribution in [3.63, 3.8) is 0 Å². The van der Waals surface area contributed by atoms with E-state index in [4.69, 9.17) is 5.84 Å². The molecule has 1 aliphatic rings. The van der Waals surface area contributed by atoms with E-state index in [0.717, 1.165) is 6.54 Å². The number of para-hydroxylation sites is 1. The minimum atomic E-state index is -0.368. The first kappa shape index (κ1) is 13.6. The number of hydrogen-bond acceptors (Lipinski definition) is 5. The predicted molar refractivity (Wildman–Crippen MR) is 76.1 cm³/mol. The van der Waals surface area contributed by atoms with Gasteiger partial charge in [0.25, 0.3) is 0 Å². The van der Waals surface area contributed by atoms with Crippen LogP contribution in [-0.2, 0) is 0 Å². The molecule has 0 aromatic heterocycles. The largest absolute Gasteiger partial charge is 0.363 e. The number of nitro benzene ring substituents is 1. The van der Waals surface area contributed by atoms with Crippen molar-refractivity contribution in [1.82, 2.24) is 0 Å². The lowest BCUT2D eigenvalue weighted by molar-refractivity contribution is -0.383. The summed E-state index contributed by atoms with van der Waals surface area (Å²) in [5.74, 6) is 6.04. The Kier molecular flexibility index (Phi) is 3.90. The Hall–Kier alpha value is -1.82. The molecular formula is C13H20N4O2. The number of hydrogen-bond donors (Lipinski definition) is 2. The van der Waals surface area contributed by atoms with Gasteiger partial charge in [0.05, 0.1) is 4.92 Å². The summed E-state index contributed by atoms with van der Waals surface area (Å²) in [6.07, 6.45) is 2.43. The number of benzene rings is 1. The average molecular weight is 264 g/mol. The number of nitrogens with two attached hydrogens (primary N) is 1. The summed E-state index contributed by atoms with van der Waals surface area (Å²) >= 11 is 0. The van der Waals surface area contributed by atoms with Crippen molar-refractivity contribution in [1.29, 1.82) is 0 Å². The van der Waals surface area contributed by atoms with E-state index >= 15 is 0 Å². The van der Waals surface area contributed by atoms with Gasteiger partial charge in [-0.3, -0.25) is 16.0 Å². The van der Waals surface area contributed by atoms with Gasteiger partial charge in [-0.2, -0.15) is 0 Å². The highest BCUT2D eigenvalue weighted by atomic mass is 16.6. The van der Waals surface area contributed by atoms with Crippen LogP contribution >= 0.6 is 0 Å². The van der Waals surface area contributed by atoms with Gasteiger partial charge in [-0.1, -0.05) is 6.07 Å². The summed E-state index contributed by atoms with van der Waals surface area (Å²) in [6.45, 7) is 4.97. The van der Waals surface area contributed by atoms with Crippen LogP contribution in [0.5, 0.6) is 0 Å². The third-order valence-corrected chi connectivity index (χ3v) is 3.44. The predicted octanol–water partition coefficient (Wildman–Crippen LogP) is 2.51. The third kappa shape index (κ3) is 2.96. The number of nitrogen functional groups attached to an aromatic ring is 1. The second kappa shape index (κ2) is 5.44. The Morgan fingerprint density at radius 1 is 1.53 bits per heavy atom. The van der Waals surface area contributed by atoms with E-state index in [1.807, 2.05) is 0 Å². The highest BCUT2D eigenvalue weighted by molar-refractivity contribution is 5.77. The molecule has 0 bridgehead atoms. The van der Waals surface area contributed by atoms with Crippen LogP contribution in [0.1, 0.15) is 26.7 Å². The molecule has 1 saturated carbocycles. The lowest BCUT2D eigenvalue weighted by Gasteiger charge is -2.29. The fourth-order valence-electron chi connectivity index (χ4n) is 2.24. The molecule has 1 aliphatic carbocycles. The molecule has 0 saturated heterocycles. The number of nitro groups is 1. The second-order valence-electron chi connectivity index (χ2n) is 5.26. The average Bonchev–Trinajstić information content (AvgIpc) is 3.18. The molecule has 0 aliphatic heterocycles. The van der Waals surface area contributed by atoms with E-state index < -0.39 is 0 Å². The van der Waals surface area contributed by atoms with Crippen molar-refractivity contribution >= 4 is 17.1 Å². The summed E-state index contributed by atoms with van der Waals surface area (Å²) < 4.78 is 0. The molecule has 1 fully saturated rings. The van der Waals surface area contributed by atoms with Crippen LogP contribution in [0.2, 0.25) is 0 Å². The number of rotatable bonds is 6. The monoisotopic (exact) mass is 264 g/mol. The van der Waals surface area contributed by atoms with Gasteiger partial charge in [0.1, 0.15) is 11.4 Å². The summed E-state index contributed by atoms with van der Waals surface area (Å²) in [6, 6.07) is 5.42. The zero-order valence-electron chi connectivity index (χ0n) is 11.3. The molecule has 0 unspecified atom stereocenters. The van der Waals surface area contributed by atoms with Crippen LogP contribution in [-0.4, -0.2) is 17.5 Å². The SMILES string of the molecule is CC(C)N(CC1CC1)c1cccc(NN)c1[N+](=O)[O-].